The maximum atomic E-state index is 11.3. The van der Waals surface area contributed by atoms with Gasteiger partial charge in [-0.25, -0.2) is 4.79 Å². The summed E-state index contributed by atoms with van der Waals surface area (Å²) in [5.74, 6) is 0.561. The number of rotatable bonds is 8. The fourth-order valence-corrected chi connectivity index (χ4v) is 2.62. The molecule has 0 aliphatic heterocycles. The average Bonchev–Trinajstić information content (AvgIpc) is 2.49. The van der Waals surface area contributed by atoms with Gasteiger partial charge in [0.05, 0.1) is 6.61 Å². The SMILES string of the molecule is C=C(C)C(=O)OCCCc1ccc(O[Si])c(CC)c1CC. The third-order valence-corrected chi connectivity index (χ3v) is 3.69. The highest BCUT2D eigenvalue weighted by Crippen LogP contribution is 2.27. The maximum Gasteiger partial charge on any atom is 0.341 e. The van der Waals surface area contributed by atoms with Crippen molar-refractivity contribution in [3.05, 3.63) is 41.0 Å². The van der Waals surface area contributed by atoms with Crippen LogP contribution in [0.4, 0.5) is 0 Å². The zero-order chi connectivity index (χ0) is 15.8. The van der Waals surface area contributed by atoms with Gasteiger partial charge in [0.25, 0.3) is 0 Å². The molecule has 0 bridgehead atoms. The molecule has 0 saturated carbocycles. The molecule has 4 heteroatoms. The van der Waals surface area contributed by atoms with Crippen molar-refractivity contribution in [3.8, 4) is 5.75 Å². The number of carbonyl (C=O) groups excluding carboxylic acids is 1. The topological polar surface area (TPSA) is 35.5 Å². The van der Waals surface area contributed by atoms with E-state index in [2.05, 4.69) is 37.0 Å². The van der Waals surface area contributed by atoms with Crippen LogP contribution in [-0.4, -0.2) is 23.1 Å². The van der Waals surface area contributed by atoms with Crippen LogP contribution in [0, 0.1) is 0 Å². The molecule has 0 fully saturated rings. The first-order valence-corrected chi connectivity index (χ1v) is 7.75. The minimum absolute atomic E-state index is 0.317. The highest BCUT2D eigenvalue weighted by atomic mass is 28.2. The van der Waals surface area contributed by atoms with E-state index in [1.165, 1.54) is 16.7 Å². The van der Waals surface area contributed by atoms with Crippen molar-refractivity contribution in [3.63, 3.8) is 0 Å². The van der Waals surface area contributed by atoms with Gasteiger partial charge in [0.15, 0.2) is 0 Å². The third-order valence-electron chi connectivity index (χ3n) is 3.47. The van der Waals surface area contributed by atoms with Crippen molar-refractivity contribution < 1.29 is 14.0 Å². The van der Waals surface area contributed by atoms with Gasteiger partial charge in [0.1, 0.15) is 5.75 Å². The van der Waals surface area contributed by atoms with E-state index in [0.29, 0.717) is 12.2 Å². The molecular weight excluding hydrogens is 280 g/mol. The first kappa shape index (κ1) is 17.5. The van der Waals surface area contributed by atoms with E-state index in [4.69, 9.17) is 9.16 Å². The number of carbonyl (C=O) groups is 1. The molecule has 3 radical (unpaired) electrons. The van der Waals surface area contributed by atoms with Crippen molar-refractivity contribution in [1.29, 1.82) is 0 Å². The molecule has 0 spiro atoms. The summed E-state index contributed by atoms with van der Waals surface area (Å²) in [5.41, 5.74) is 4.31. The van der Waals surface area contributed by atoms with Crippen LogP contribution in [0.5, 0.6) is 5.75 Å². The molecule has 0 amide bonds. The van der Waals surface area contributed by atoms with E-state index < -0.39 is 0 Å². The summed E-state index contributed by atoms with van der Waals surface area (Å²) in [6, 6.07) is 4.08. The lowest BCUT2D eigenvalue weighted by molar-refractivity contribution is -0.139. The molecule has 3 nitrogen and oxygen atoms in total. The zero-order valence-electron chi connectivity index (χ0n) is 13.1. The van der Waals surface area contributed by atoms with Gasteiger partial charge in [-0.1, -0.05) is 26.5 Å². The smallest absolute Gasteiger partial charge is 0.341 e. The normalized spacial score (nSPS) is 10.3. The number of ether oxygens (including phenoxy) is 1. The molecule has 21 heavy (non-hydrogen) atoms. The van der Waals surface area contributed by atoms with Gasteiger partial charge in [0.2, 0.25) is 0 Å². The van der Waals surface area contributed by atoms with Gasteiger partial charge in [-0.15, -0.1) is 0 Å². The molecule has 0 atom stereocenters. The predicted molar refractivity (Wildman–Crippen MR) is 85.7 cm³/mol. The lowest BCUT2D eigenvalue weighted by Crippen LogP contribution is -2.08. The first-order chi connectivity index (χ1) is 10.0. The third kappa shape index (κ3) is 4.74. The van der Waals surface area contributed by atoms with Gasteiger partial charge in [-0.2, -0.15) is 0 Å². The lowest BCUT2D eigenvalue weighted by Gasteiger charge is -2.16. The summed E-state index contributed by atoms with van der Waals surface area (Å²) in [6.07, 6.45) is 3.60. The highest BCUT2D eigenvalue weighted by molar-refractivity contribution is 6.00. The van der Waals surface area contributed by atoms with Crippen LogP contribution in [0.2, 0.25) is 0 Å². The van der Waals surface area contributed by atoms with E-state index in [-0.39, 0.29) is 5.97 Å². The summed E-state index contributed by atoms with van der Waals surface area (Å²) in [5, 5.41) is 0. The Morgan fingerprint density at radius 3 is 2.43 bits per heavy atom. The highest BCUT2D eigenvalue weighted by Gasteiger charge is 2.11. The summed E-state index contributed by atoms with van der Waals surface area (Å²) < 4.78 is 10.4. The van der Waals surface area contributed by atoms with E-state index in [9.17, 15) is 4.79 Å². The maximum absolute atomic E-state index is 11.3. The Morgan fingerprint density at radius 2 is 1.90 bits per heavy atom. The molecule has 113 valence electrons. The molecule has 0 N–H and O–H groups in total. The van der Waals surface area contributed by atoms with Crippen molar-refractivity contribution in [2.45, 2.75) is 46.5 Å². The molecule has 0 aromatic heterocycles. The zero-order valence-corrected chi connectivity index (χ0v) is 14.1. The number of benzene rings is 1. The number of aryl methyl sites for hydroxylation is 1. The minimum atomic E-state index is -0.317. The Labute approximate surface area is 130 Å². The summed E-state index contributed by atoms with van der Waals surface area (Å²) >= 11 is 0. The van der Waals surface area contributed by atoms with Crippen LogP contribution in [-0.2, 0) is 28.8 Å². The van der Waals surface area contributed by atoms with Gasteiger partial charge in [0, 0.05) is 5.57 Å². The van der Waals surface area contributed by atoms with E-state index >= 15 is 0 Å². The largest absolute Gasteiger partial charge is 0.540 e. The quantitative estimate of drug-likeness (QED) is 0.320. The molecule has 0 saturated heterocycles. The van der Waals surface area contributed by atoms with E-state index in [1.54, 1.807) is 6.92 Å². The van der Waals surface area contributed by atoms with Crippen molar-refractivity contribution >= 4 is 16.5 Å². The average molecular weight is 303 g/mol. The summed E-state index contributed by atoms with van der Waals surface area (Å²) in [6.45, 7) is 9.92. The Kier molecular flexibility index (Phi) is 7.23. The van der Waals surface area contributed by atoms with Crippen LogP contribution in [0.1, 0.15) is 43.9 Å². The van der Waals surface area contributed by atoms with E-state index in [0.717, 1.165) is 31.4 Å². The Bertz CT molecular complexity index is 509. The number of esters is 1. The van der Waals surface area contributed by atoms with Crippen LogP contribution in [0.15, 0.2) is 24.3 Å². The number of hydrogen-bond donors (Lipinski definition) is 0. The molecule has 0 heterocycles. The Morgan fingerprint density at radius 1 is 1.24 bits per heavy atom. The number of hydrogen-bond acceptors (Lipinski definition) is 3. The van der Waals surface area contributed by atoms with Crippen LogP contribution in [0.3, 0.4) is 0 Å². The molecule has 0 aliphatic carbocycles. The van der Waals surface area contributed by atoms with E-state index in [1.807, 2.05) is 6.07 Å². The predicted octanol–water partition coefficient (Wildman–Crippen LogP) is 3.33. The molecule has 1 aromatic carbocycles. The van der Waals surface area contributed by atoms with Gasteiger partial charge in [-0.3, -0.25) is 0 Å². The summed E-state index contributed by atoms with van der Waals surface area (Å²) in [7, 11) is 3.11. The van der Waals surface area contributed by atoms with Crippen molar-refractivity contribution in [1.82, 2.24) is 0 Å². The van der Waals surface area contributed by atoms with Crippen LogP contribution >= 0.6 is 0 Å². The second-order valence-corrected chi connectivity index (χ2v) is 5.21. The minimum Gasteiger partial charge on any atom is -0.540 e. The molecule has 0 unspecified atom stereocenters. The monoisotopic (exact) mass is 303 g/mol. The first-order valence-electron chi connectivity index (χ1n) is 7.34. The second-order valence-electron chi connectivity index (χ2n) is 5.01. The molecule has 1 aromatic rings. The molecule has 0 aliphatic rings. The Hall–Kier alpha value is -1.55. The second kappa shape index (κ2) is 8.67. The summed E-state index contributed by atoms with van der Waals surface area (Å²) in [4.78, 5) is 11.3. The lowest BCUT2D eigenvalue weighted by atomic mass is 9.94. The van der Waals surface area contributed by atoms with Crippen LogP contribution in [0.25, 0.3) is 0 Å². The molecular formula is C17H23O3Si. The van der Waals surface area contributed by atoms with Crippen LogP contribution < -0.4 is 4.43 Å². The van der Waals surface area contributed by atoms with Crippen molar-refractivity contribution in [2.24, 2.45) is 0 Å². The van der Waals surface area contributed by atoms with Gasteiger partial charge in [-0.05, 0) is 55.4 Å². The standard InChI is InChI=1S/C17H23O3Si/c1-5-14-13(8-7-11-19-17(18)12(3)4)9-10-16(20-21)15(14)6-2/h9-10H,3,5-8,11H2,1-2,4H3. The fourth-order valence-electron chi connectivity index (χ4n) is 2.43. The van der Waals surface area contributed by atoms with Gasteiger partial charge >= 0.3 is 16.5 Å². The fraction of sp³-hybridized carbons (Fsp3) is 0.471. The molecule has 1 rings (SSSR count). The van der Waals surface area contributed by atoms with Gasteiger partial charge < -0.3 is 9.16 Å². The Balaban J connectivity index is 2.71. The van der Waals surface area contributed by atoms with Crippen molar-refractivity contribution in [2.75, 3.05) is 6.61 Å².